The van der Waals surface area contributed by atoms with Crippen LogP contribution >= 0.6 is 12.6 Å². The molecule has 0 aromatic carbocycles. The first-order chi connectivity index (χ1) is 6.57. The fraction of sp³-hybridized carbons (Fsp3) is 1.00. The first kappa shape index (κ1) is 14.3. The summed E-state index contributed by atoms with van der Waals surface area (Å²) in [7, 11) is 0. The summed E-state index contributed by atoms with van der Waals surface area (Å²) in [5.41, 5.74) is 0. The summed E-state index contributed by atoms with van der Waals surface area (Å²) in [6.45, 7) is 12.8. The number of nitrogens with zero attached hydrogens (tertiary/aromatic N) is 1. The molecule has 0 atom stereocenters. The average molecular weight is 219 g/mol. The van der Waals surface area contributed by atoms with Crippen molar-refractivity contribution >= 4 is 12.6 Å². The van der Waals surface area contributed by atoms with Gasteiger partial charge in [0.05, 0.1) is 13.2 Å². The predicted molar refractivity (Wildman–Crippen MR) is 66.2 cm³/mol. The zero-order valence-electron chi connectivity index (χ0n) is 9.99. The molecule has 3 heteroatoms. The van der Waals surface area contributed by atoms with Gasteiger partial charge in [0.15, 0.2) is 0 Å². The van der Waals surface area contributed by atoms with Crippen molar-refractivity contribution in [2.45, 2.75) is 33.7 Å². The quantitative estimate of drug-likeness (QED) is 0.497. The fourth-order valence-electron chi connectivity index (χ4n) is 1.38. The first-order valence-corrected chi connectivity index (χ1v) is 6.13. The minimum Gasteiger partial charge on any atom is -0.379 e. The third-order valence-corrected chi connectivity index (χ3v) is 2.27. The molecule has 0 aromatic rings. The summed E-state index contributed by atoms with van der Waals surface area (Å²) in [6.07, 6.45) is 0. The van der Waals surface area contributed by atoms with Gasteiger partial charge >= 0.3 is 0 Å². The van der Waals surface area contributed by atoms with Crippen molar-refractivity contribution in [3.63, 3.8) is 0 Å². The van der Waals surface area contributed by atoms with Crippen LogP contribution < -0.4 is 0 Å². The van der Waals surface area contributed by atoms with Crippen LogP contribution in [0.15, 0.2) is 0 Å². The Morgan fingerprint density at radius 2 is 1.79 bits per heavy atom. The van der Waals surface area contributed by atoms with Crippen molar-refractivity contribution in [3.05, 3.63) is 0 Å². The molecule has 0 bridgehead atoms. The van der Waals surface area contributed by atoms with Gasteiger partial charge in [-0.05, 0) is 19.8 Å². The lowest BCUT2D eigenvalue weighted by molar-refractivity contribution is 0.0963. The van der Waals surface area contributed by atoms with Gasteiger partial charge in [-0.2, -0.15) is 12.6 Å². The lowest BCUT2D eigenvalue weighted by Gasteiger charge is -2.27. The Kier molecular flexibility index (Phi) is 8.73. The SMILES string of the molecule is CC(C)CN(CCOCCS)C(C)C. The van der Waals surface area contributed by atoms with Crippen molar-refractivity contribution in [2.24, 2.45) is 5.92 Å². The highest BCUT2D eigenvalue weighted by atomic mass is 32.1. The Hall–Kier alpha value is 0.270. The summed E-state index contributed by atoms with van der Waals surface area (Å²) in [4.78, 5) is 2.46. The van der Waals surface area contributed by atoms with E-state index in [0.717, 1.165) is 38.0 Å². The number of hydrogen-bond acceptors (Lipinski definition) is 3. The lowest BCUT2D eigenvalue weighted by Crippen LogP contribution is -2.36. The van der Waals surface area contributed by atoms with Gasteiger partial charge in [-0.25, -0.2) is 0 Å². The summed E-state index contributed by atoms with van der Waals surface area (Å²) >= 11 is 4.10. The van der Waals surface area contributed by atoms with Crippen LogP contribution in [0.2, 0.25) is 0 Å². The van der Waals surface area contributed by atoms with Crippen molar-refractivity contribution in [1.82, 2.24) is 4.90 Å². The highest BCUT2D eigenvalue weighted by Gasteiger charge is 2.10. The van der Waals surface area contributed by atoms with Crippen LogP contribution in [-0.2, 0) is 4.74 Å². The van der Waals surface area contributed by atoms with E-state index >= 15 is 0 Å². The molecule has 14 heavy (non-hydrogen) atoms. The topological polar surface area (TPSA) is 12.5 Å². The van der Waals surface area contributed by atoms with Gasteiger partial charge in [0, 0.05) is 24.9 Å². The first-order valence-electron chi connectivity index (χ1n) is 5.50. The second kappa shape index (κ2) is 8.57. The Morgan fingerprint density at radius 3 is 2.21 bits per heavy atom. The molecular formula is C11H25NOS. The molecule has 0 aromatic heterocycles. The molecule has 0 rings (SSSR count). The molecule has 0 amide bonds. The minimum atomic E-state index is 0.608. The summed E-state index contributed by atoms with van der Waals surface area (Å²) in [6, 6.07) is 0.608. The molecule has 86 valence electrons. The largest absolute Gasteiger partial charge is 0.379 e. The maximum atomic E-state index is 5.43. The van der Waals surface area contributed by atoms with E-state index in [2.05, 4.69) is 45.2 Å². The monoisotopic (exact) mass is 219 g/mol. The molecule has 0 spiro atoms. The maximum absolute atomic E-state index is 5.43. The van der Waals surface area contributed by atoms with E-state index < -0.39 is 0 Å². The molecule has 0 fully saturated rings. The van der Waals surface area contributed by atoms with Crippen LogP contribution in [0.25, 0.3) is 0 Å². The Bertz CT molecular complexity index is 128. The van der Waals surface area contributed by atoms with Crippen LogP contribution in [0, 0.1) is 5.92 Å². The smallest absolute Gasteiger partial charge is 0.0593 e. The molecule has 0 saturated heterocycles. The molecule has 2 nitrogen and oxygen atoms in total. The summed E-state index contributed by atoms with van der Waals surface area (Å²) in [5, 5.41) is 0. The molecular weight excluding hydrogens is 194 g/mol. The normalized spacial score (nSPS) is 12.0. The van der Waals surface area contributed by atoms with Crippen LogP contribution in [0.3, 0.4) is 0 Å². The van der Waals surface area contributed by atoms with E-state index in [1.807, 2.05) is 0 Å². The second-order valence-corrected chi connectivity index (χ2v) is 4.77. The number of ether oxygens (including phenoxy) is 1. The van der Waals surface area contributed by atoms with Crippen molar-refractivity contribution in [3.8, 4) is 0 Å². The maximum Gasteiger partial charge on any atom is 0.0593 e. The van der Waals surface area contributed by atoms with Gasteiger partial charge in [-0.3, -0.25) is 4.90 Å². The number of rotatable bonds is 8. The Balaban J connectivity index is 3.63. The summed E-state index contributed by atoms with van der Waals surface area (Å²) < 4.78 is 5.43. The molecule has 0 aliphatic heterocycles. The molecule has 0 heterocycles. The second-order valence-electron chi connectivity index (χ2n) is 4.32. The van der Waals surface area contributed by atoms with E-state index in [9.17, 15) is 0 Å². The van der Waals surface area contributed by atoms with E-state index in [-0.39, 0.29) is 0 Å². The number of thiol groups is 1. The van der Waals surface area contributed by atoms with E-state index in [1.165, 1.54) is 0 Å². The van der Waals surface area contributed by atoms with Crippen molar-refractivity contribution < 1.29 is 4.74 Å². The Labute approximate surface area is 94.4 Å². The minimum absolute atomic E-state index is 0.608. The van der Waals surface area contributed by atoms with Gasteiger partial charge in [0.1, 0.15) is 0 Å². The molecule has 0 radical (unpaired) electrons. The van der Waals surface area contributed by atoms with Gasteiger partial charge < -0.3 is 4.74 Å². The van der Waals surface area contributed by atoms with Crippen LogP contribution in [0.4, 0.5) is 0 Å². The van der Waals surface area contributed by atoms with E-state index in [4.69, 9.17) is 4.74 Å². The highest BCUT2D eigenvalue weighted by molar-refractivity contribution is 7.80. The molecule has 0 saturated carbocycles. The van der Waals surface area contributed by atoms with Crippen LogP contribution in [0.5, 0.6) is 0 Å². The molecule has 0 aliphatic rings. The molecule has 0 unspecified atom stereocenters. The van der Waals surface area contributed by atoms with Crippen LogP contribution in [-0.4, -0.2) is 43.0 Å². The predicted octanol–water partition coefficient (Wildman–Crippen LogP) is 2.30. The van der Waals surface area contributed by atoms with Gasteiger partial charge in [0.25, 0.3) is 0 Å². The van der Waals surface area contributed by atoms with E-state index in [1.54, 1.807) is 0 Å². The molecule has 0 aliphatic carbocycles. The number of hydrogen-bond donors (Lipinski definition) is 1. The summed E-state index contributed by atoms with van der Waals surface area (Å²) in [5.74, 6) is 1.54. The van der Waals surface area contributed by atoms with Crippen molar-refractivity contribution in [1.29, 1.82) is 0 Å². The zero-order chi connectivity index (χ0) is 11.0. The Morgan fingerprint density at radius 1 is 1.14 bits per heavy atom. The average Bonchev–Trinajstić information content (AvgIpc) is 2.09. The van der Waals surface area contributed by atoms with Crippen LogP contribution in [0.1, 0.15) is 27.7 Å². The third kappa shape index (κ3) is 7.65. The third-order valence-electron chi connectivity index (χ3n) is 2.09. The highest BCUT2D eigenvalue weighted by Crippen LogP contribution is 2.03. The van der Waals surface area contributed by atoms with Gasteiger partial charge in [-0.15, -0.1) is 0 Å². The van der Waals surface area contributed by atoms with Crippen molar-refractivity contribution in [2.75, 3.05) is 32.1 Å². The van der Waals surface area contributed by atoms with E-state index in [0.29, 0.717) is 6.04 Å². The molecule has 0 N–H and O–H groups in total. The van der Waals surface area contributed by atoms with Gasteiger partial charge in [-0.1, -0.05) is 13.8 Å². The van der Waals surface area contributed by atoms with Gasteiger partial charge in [0.2, 0.25) is 0 Å². The zero-order valence-corrected chi connectivity index (χ0v) is 10.9. The lowest BCUT2D eigenvalue weighted by atomic mass is 10.2. The fourth-order valence-corrected chi connectivity index (χ4v) is 1.51. The standard InChI is InChI=1S/C11H25NOS/c1-10(2)9-12(11(3)4)5-6-13-7-8-14/h10-11,14H,5-9H2,1-4H3.